The van der Waals surface area contributed by atoms with Gasteiger partial charge in [0.25, 0.3) is 0 Å². The second-order valence-electron chi connectivity index (χ2n) is 4.99. The smallest absolute Gasteiger partial charge is 0.147 e. The van der Waals surface area contributed by atoms with Crippen molar-refractivity contribution in [1.29, 1.82) is 0 Å². The number of thiophene rings is 1. The molecule has 0 spiro atoms. The van der Waals surface area contributed by atoms with Crippen molar-refractivity contribution in [3.8, 4) is 22.0 Å². The molecule has 3 nitrogen and oxygen atoms in total. The third-order valence-electron chi connectivity index (χ3n) is 3.20. The lowest BCUT2D eigenvalue weighted by molar-refractivity contribution is 1.11. The van der Waals surface area contributed by atoms with Gasteiger partial charge in [-0.2, -0.15) is 0 Å². The number of hydrogen-bond donors (Lipinski definition) is 2. The minimum absolute atomic E-state index is 0.579. The Hall–Kier alpha value is -1.91. The van der Waals surface area contributed by atoms with Gasteiger partial charge in [0.2, 0.25) is 0 Å². The van der Waals surface area contributed by atoms with Crippen molar-refractivity contribution < 1.29 is 0 Å². The van der Waals surface area contributed by atoms with Gasteiger partial charge in [-0.3, -0.25) is 0 Å². The molecule has 0 bridgehead atoms. The molecule has 2 aromatic heterocycles. The highest BCUT2D eigenvalue weighted by molar-refractivity contribution is 7.15. The van der Waals surface area contributed by atoms with E-state index in [1.807, 2.05) is 6.20 Å². The molecule has 1 aromatic carbocycles. The molecule has 2 heterocycles. The fraction of sp³-hybridized carbons (Fsp3) is 0.188. The number of nitrogens with one attached hydrogen (secondary N) is 1. The van der Waals surface area contributed by atoms with E-state index < -0.39 is 0 Å². The number of imidazole rings is 1. The van der Waals surface area contributed by atoms with Crippen LogP contribution in [-0.2, 0) is 6.54 Å². The van der Waals surface area contributed by atoms with Gasteiger partial charge in [-0.1, -0.05) is 17.2 Å². The molecule has 4 heteroatoms. The Morgan fingerprint density at radius 2 is 1.90 bits per heavy atom. The maximum atomic E-state index is 5.65. The van der Waals surface area contributed by atoms with Crippen LogP contribution >= 0.6 is 11.3 Å². The quantitative estimate of drug-likeness (QED) is 0.766. The van der Waals surface area contributed by atoms with Gasteiger partial charge >= 0.3 is 0 Å². The molecule has 0 saturated heterocycles. The highest BCUT2D eigenvalue weighted by Gasteiger charge is 2.08. The summed E-state index contributed by atoms with van der Waals surface area (Å²) in [5, 5.41) is 0. The van der Waals surface area contributed by atoms with Crippen LogP contribution in [0.5, 0.6) is 0 Å². The minimum Gasteiger partial charge on any atom is -0.337 e. The van der Waals surface area contributed by atoms with Crippen molar-refractivity contribution >= 4 is 11.3 Å². The van der Waals surface area contributed by atoms with Crippen molar-refractivity contribution in [1.82, 2.24) is 9.97 Å². The summed E-state index contributed by atoms with van der Waals surface area (Å²) in [7, 11) is 0. The van der Waals surface area contributed by atoms with Crippen LogP contribution in [-0.4, -0.2) is 9.97 Å². The first-order valence-corrected chi connectivity index (χ1v) is 7.40. The molecule has 0 atom stereocenters. The first kappa shape index (κ1) is 13.1. The third kappa shape index (κ3) is 2.53. The van der Waals surface area contributed by atoms with Crippen LogP contribution in [0.4, 0.5) is 0 Å². The summed E-state index contributed by atoms with van der Waals surface area (Å²) in [6, 6.07) is 10.6. The minimum atomic E-state index is 0.579. The Morgan fingerprint density at radius 3 is 2.55 bits per heavy atom. The predicted molar refractivity (Wildman–Crippen MR) is 84.7 cm³/mol. The van der Waals surface area contributed by atoms with E-state index in [2.05, 4.69) is 54.1 Å². The third-order valence-corrected chi connectivity index (χ3v) is 4.32. The zero-order valence-corrected chi connectivity index (χ0v) is 12.4. The molecule has 0 aliphatic carbocycles. The highest BCUT2D eigenvalue weighted by Crippen LogP contribution is 2.28. The van der Waals surface area contributed by atoms with E-state index in [4.69, 9.17) is 5.73 Å². The highest BCUT2D eigenvalue weighted by atomic mass is 32.1. The molecule has 0 saturated carbocycles. The molecule has 0 aliphatic heterocycles. The van der Waals surface area contributed by atoms with Gasteiger partial charge in [0, 0.05) is 17.0 Å². The summed E-state index contributed by atoms with van der Waals surface area (Å²) >= 11 is 1.68. The van der Waals surface area contributed by atoms with Gasteiger partial charge in [0.05, 0.1) is 16.8 Å². The first-order chi connectivity index (χ1) is 9.65. The summed E-state index contributed by atoms with van der Waals surface area (Å²) in [5.41, 5.74) is 10.4. The van der Waals surface area contributed by atoms with Crippen LogP contribution in [0, 0.1) is 13.8 Å². The van der Waals surface area contributed by atoms with Gasteiger partial charge in [-0.25, -0.2) is 4.98 Å². The molecule has 0 radical (unpaired) electrons. The number of benzene rings is 1. The van der Waals surface area contributed by atoms with Crippen molar-refractivity contribution in [2.75, 3.05) is 0 Å². The normalized spacial score (nSPS) is 10.9. The lowest BCUT2D eigenvalue weighted by atomic mass is 10.1. The van der Waals surface area contributed by atoms with Crippen LogP contribution in [0.25, 0.3) is 22.0 Å². The number of H-pyrrole nitrogens is 1. The average molecular weight is 283 g/mol. The Balaban J connectivity index is 1.97. The monoisotopic (exact) mass is 283 g/mol. The molecule has 3 aromatic rings. The summed E-state index contributed by atoms with van der Waals surface area (Å²) in [4.78, 5) is 10.2. The predicted octanol–water partition coefficient (Wildman–Crippen LogP) is 3.88. The zero-order valence-electron chi connectivity index (χ0n) is 11.6. The maximum Gasteiger partial charge on any atom is 0.147 e. The molecule has 0 amide bonds. The largest absolute Gasteiger partial charge is 0.337 e. The number of hydrogen-bond acceptors (Lipinski definition) is 3. The molecule has 0 fully saturated rings. The van der Waals surface area contributed by atoms with Crippen LogP contribution in [0.1, 0.15) is 16.0 Å². The SMILES string of the molecule is Cc1cc(C)cc(-c2cnc(-c3ccc(CN)s3)[nH]2)c1. The standard InChI is InChI=1S/C16H17N3S/c1-10-5-11(2)7-12(6-10)14-9-18-16(19-14)15-4-3-13(8-17)20-15/h3-7,9H,8,17H2,1-2H3,(H,18,19). The van der Waals surface area contributed by atoms with Crippen LogP contribution in [0.15, 0.2) is 36.5 Å². The second-order valence-corrected chi connectivity index (χ2v) is 6.16. The van der Waals surface area contributed by atoms with Gasteiger partial charge in [0.1, 0.15) is 5.82 Å². The number of aromatic amines is 1. The van der Waals surface area contributed by atoms with Gasteiger partial charge in [0.15, 0.2) is 0 Å². The summed E-state index contributed by atoms with van der Waals surface area (Å²) < 4.78 is 0. The molecule has 20 heavy (non-hydrogen) atoms. The van der Waals surface area contributed by atoms with E-state index in [1.54, 1.807) is 11.3 Å². The van der Waals surface area contributed by atoms with E-state index in [9.17, 15) is 0 Å². The van der Waals surface area contributed by atoms with Crippen molar-refractivity contribution in [2.24, 2.45) is 5.73 Å². The topological polar surface area (TPSA) is 54.7 Å². The van der Waals surface area contributed by atoms with E-state index in [-0.39, 0.29) is 0 Å². The first-order valence-electron chi connectivity index (χ1n) is 6.58. The maximum absolute atomic E-state index is 5.65. The summed E-state index contributed by atoms with van der Waals surface area (Å²) in [6.45, 7) is 4.80. The number of nitrogens with zero attached hydrogens (tertiary/aromatic N) is 1. The summed E-state index contributed by atoms with van der Waals surface area (Å²) in [5.74, 6) is 0.906. The Kier molecular flexibility index (Phi) is 3.42. The van der Waals surface area contributed by atoms with E-state index >= 15 is 0 Å². The second kappa shape index (κ2) is 5.23. The lowest BCUT2D eigenvalue weighted by Crippen LogP contribution is -1.91. The number of rotatable bonds is 3. The fourth-order valence-electron chi connectivity index (χ4n) is 2.34. The van der Waals surface area contributed by atoms with Crippen molar-refractivity contribution in [3.63, 3.8) is 0 Å². The zero-order chi connectivity index (χ0) is 14.1. The van der Waals surface area contributed by atoms with Crippen LogP contribution < -0.4 is 5.73 Å². The van der Waals surface area contributed by atoms with E-state index in [0.29, 0.717) is 6.54 Å². The van der Waals surface area contributed by atoms with E-state index in [1.165, 1.54) is 21.6 Å². The Labute approximate surface area is 122 Å². The van der Waals surface area contributed by atoms with Crippen LogP contribution in [0.2, 0.25) is 0 Å². The lowest BCUT2D eigenvalue weighted by Gasteiger charge is -2.02. The molecule has 102 valence electrons. The number of nitrogens with two attached hydrogens (primary N) is 1. The average Bonchev–Trinajstić information content (AvgIpc) is 3.06. The van der Waals surface area contributed by atoms with E-state index in [0.717, 1.165) is 16.4 Å². The van der Waals surface area contributed by atoms with Crippen molar-refractivity contribution in [3.05, 3.63) is 52.5 Å². The molecule has 0 aliphatic rings. The van der Waals surface area contributed by atoms with Crippen molar-refractivity contribution in [2.45, 2.75) is 20.4 Å². The number of aryl methyl sites for hydroxylation is 2. The van der Waals surface area contributed by atoms with Gasteiger partial charge in [-0.05, 0) is 38.1 Å². The Bertz CT molecular complexity index is 720. The van der Waals surface area contributed by atoms with Crippen LogP contribution in [0.3, 0.4) is 0 Å². The van der Waals surface area contributed by atoms with Gasteiger partial charge < -0.3 is 10.7 Å². The molecular weight excluding hydrogens is 266 g/mol. The molecule has 0 unspecified atom stereocenters. The van der Waals surface area contributed by atoms with Gasteiger partial charge in [-0.15, -0.1) is 11.3 Å². The fourth-order valence-corrected chi connectivity index (χ4v) is 3.18. The summed E-state index contributed by atoms with van der Waals surface area (Å²) in [6.07, 6.45) is 1.89. The molecule has 3 rings (SSSR count). The number of aromatic nitrogens is 2. The molecular formula is C16H17N3S. The Morgan fingerprint density at radius 1 is 1.15 bits per heavy atom. The molecule has 3 N–H and O–H groups in total.